The SMILES string of the molecule is CCC(CC(C)(C)N1CCC(n2cc(C(C)(C)C)nn2)CC1)C(C)c1cnnn1C(F)F. The van der Waals surface area contributed by atoms with Crippen LogP contribution in [0.25, 0.3) is 0 Å². The molecule has 0 radical (unpaired) electrons. The van der Waals surface area contributed by atoms with E-state index in [1.807, 2.05) is 11.6 Å². The third kappa shape index (κ3) is 5.35. The normalized spacial score (nSPS) is 18.9. The van der Waals surface area contributed by atoms with E-state index in [4.69, 9.17) is 0 Å². The molecule has 0 amide bonds. The number of aromatic nitrogens is 6. The lowest BCUT2D eigenvalue weighted by atomic mass is 9.78. The van der Waals surface area contributed by atoms with Gasteiger partial charge < -0.3 is 0 Å². The Morgan fingerprint density at radius 2 is 1.75 bits per heavy atom. The molecule has 1 aliphatic rings. The Morgan fingerprint density at radius 1 is 1.09 bits per heavy atom. The molecule has 2 unspecified atom stereocenters. The predicted molar refractivity (Wildman–Crippen MR) is 121 cm³/mol. The molecule has 1 saturated heterocycles. The number of alkyl halides is 2. The highest BCUT2D eigenvalue weighted by Gasteiger charge is 2.36. The third-order valence-electron chi connectivity index (χ3n) is 7.22. The molecule has 1 aliphatic heterocycles. The van der Waals surface area contributed by atoms with Gasteiger partial charge in [0.15, 0.2) is 0 Å². The monoisotopic (exact) mass is 451 g/mol. The topological polar surface area (TPSA) is 64.7 Å². The molecule has 3 rings (SSSR count). The van der Waals surface area contributed by atoms with Crippen molar-refractivity contribution >= 4 is 0 Å². The van der Waals surface area contributed by atoms with Gasteiger partial charge in [-0.3, -0.25) is 4.90 Å². The molecule has 180 valence electrons. The number of nitrogens with zero attached hydrogens (tertiary/aromatic N) is 7. The first kappa shape index (κ1) is 24.7. The van der Waals surface area contributed by atoms with E-state index in [1.54, 1.807) is 0 Å². The van der Waals surface area contributed by atoms with Gasteiger partial charge in [-0.05, 0) is 39.0 Å². The summed E-state index contributed by atoms with van der Waals surface area (Å²) in [6, 6.07) is 0.373. The van der Waals surface area contributed by atoms with E-state index in [0.29, 0.717) is 11.7 Å². The van der Waals surface area contributed by atoms with Crippen molar-refractivity contribution < 1.29 is 8.78 Å². The van der Waals surface area contributed by atoms with Crippen LogP contribution in [0.15, 0.2) is 12.4 Å². The molecule has 0 aromatic carbocycles. The molecule has 9 heteroatoms. The molecule has 7 nitrogen and oxygen atoms in total. The Labute approximate surface area is 190 Å². The largest absolute Gasteiger partial charge is 0.334 e. The molecule has 32 heavy (non-hydrogen) atoms. The van der Waals surface area contributed by atoms with Crippen molar-refractivity contribution in [2.24, 2.45) is 5.92 Å². The van der Waals surface area contributed by atoms with Crippen LogP contribution >= 0.6 is 0 Å². The van der Waals surface area contributed by atoms with Crippen LogP contribution in [0, 0.1) is 5.92 Å². The van der Waals surface area contributed by atoms with E-state index in [-0.39, 0.29) is 22.8 Å². The summed E-state index contributed by atoms with van der Waals surface area (Å²) in [6.45, 7) is 14.5. The highest BCUT2D eigenvalue weighted by Crippen LogP contribution is 2.37. The number of rotatable bonds is 8. The Morgan fingerprint density at radius 3 is 2.28 bits per heavy atom. The van der Waals surface area contributed by atoms with Crippen LogP contribution in [0.5, 0.6) is 0 Å². The van der Waals surface area contributed by atoms with Crippen molar-refractivity contribution in [3.8, 4) is 0 Å². The lowest BCUT2D eigenvalue weighted by Gasteiger charge is -2.45. The summed E-state index contributed by atoms with van der Waals surface area (Å²) in [5.41, 5.74) is 1.52. The number of hydrogen-bond donors (Lipinski definition) is 0. The van der Waals surface area contributed by atoms with Gasteiger partial charge in [-0.25, -0.2) is 4.68 Å². The minimum absolute atomic E-state index is 0.00200. The van der Waals surface area contributed by atoms with E-state index in [0.717, 1.165) is 49.1 Å². The molecule has 0 spiro atoms. The number of piperidine rings is 1. The van der Waals surface area contributed by atoms with Gasteiger partial charge in [-0.15, -0.1) is 10.2 Å². The Bertz CT molecular complexity index is 860. The van der Waals surface area contributed by atoms with Crippen LogP contribution in [0.2, 0.25) is 0 Å². The Kier molecular flexibility index (Phi) is 7.37. The highest BCUT2D eigenvalue weighted by molar-refractivity contribution is 5.07. The summed E-state index contributed by atoms with van der Waals surface area (Å²) in [6.07, 6.45) is 7.50. The highest BCUT2D eigenvalue weighted by atomic mass is 19.3. The van der Waals surface area contributed by atoms with Gasteiger partial charge in [0.1, 0.15) is 0 Å². The molecule has 2 atom stereocenters. The zero-order valence-electron chi connectivity index (χ0n) is 20.6. The zero-order chi connectivity index (χ0) is 23.7. The smallest absolute Gasteiger partial charge is 0.298 e. The summed E-state index contributed by atoms with van der Waals surface area (Å²) in [5, 5.41) is 16.1. The van der Waals surface area contributed by atoms with Crippen LogP contribution in [-0.4, -0.2) is 53.5 Å². The lowest BCUT2D eigenvalue weighted by Crippen LogP contribution is -2.49. The van der Waals surface area contributed by atoms with Crippen molar-refractivity contribution in [3.05, 3.63) is 23.8 Å². The van der Waals surface area contributed by atoms with Gasteiger partial charge in [0, 0.05) is 36.2 Å². The van der Waals surface area contributed by atoms with Gasteiger partial charge in [0.25, 0.3) is 0 Å². The fourth-order valence-corrected chi connectivity index (χ4v) is 4.95. The fourth-order valence-electron chi connectivity index (χ4n) is 4.95. The standard InChI is InChI=1S/C23H39F2N7/c1-8-17(16(2)19-14-26-28-32(19)21(24)25)13-23(6,7)30-11-9-18(10-12-30)31-15-20(27-29-31)22(3,4)5/h14-18,21H,8-13H2,1-7H3. The summed E-state index contributed by atoms with van der Waals surface area (Å²) in [4.78, 5) is 2.54. The average Bonchev–Trinajstić information content (AvgIpc) is 3.41. The Balaban J connectivity index is 1.62. The molecule has 2 aromatic rings. The lowest BCUT2D eigenvalue weighted by molar-refractivity contribution is 0.0422. The van der Waals surface area contributed by atoms with Gasteiger partial charge in [0.2, 0.25) is 0 Å². The number of likely N-dealkylation sites (tertiary alicyclic amines) is 1. The van der Waals surface area contributed by atoms with E-state index in [9.17, 15) is 8.78 Å². The first-order chi connectivity index (χ1) is 14.9. The number of halogens is 2. The van der Waals surface area contributed by atoms with Crippen LogP contribution in [-0.2, 0) is 5.41 Å². The van der Waals surface area contributed by atoms with Gasteiger partial charge >= 0.3 is 6.55 Å². The maximum atomic E-state index is 13.3. The van der Waals surface area contributed by atoms with E-state index in [2.05, 4.69) is 73.3 Å². The minimum Gasteiger partial charge on any atom is -0.298 e. The van der Waals surface area contributed by atoms with E-state index >= 15 is 0 Å². The van der Waals surface area contributed by atoms with Crippen molar-refractivity contribution in [2.75, 3.05) is 13.1 Å². The van der Waals surface area contributed by atoms with Crippen LogP contribution < -0.4 is 0 Å². The quantitative estimate of drug-likeness (QED) is 0.552. The van der Waals surface area contributed by atoms with Crippen molar-refractivity contribution in [1.29, 1.82) is 0 Å². The number of hydrogen-bond acceptors (Lipinski definition) is 5. The molecule has 0 N–H and O–H groups in total. The second-order valence-electron chi connectivity index (χ2n) is 10.9. The Hall–Kier alpha value is -1.90. The summed E-state index contributed by atoms with van der Waals surface area (Å²) in [5.74, 6) is 0.232. The van der Waals surface area contributed by atoms with Gasteiger partial charge in [-0.1, -0.05) is 51.5 Å². The molecule has 0 bridgehead atoms. The van der Waals surface area contributed by atoms with Crippen molar-refractivity contribution in [1.82, 2.24) is 34.9 Å². The van der Waals surface area contributed by atoms with Gasteiger partial charge in [-0.2, -0.15) is 13.5 Å². The molecular weight excluding hydrogens is 412 g/mol. The molecule has 0 saturated carbocycles. The summed E-state index contributed by atoms with van der Waals surface area (Å²) in [7, 11) is 0. The first-order valence-corrected chi connectivity index (χ1v) is 11.8. The van der Waals surface area contributed by atoms with Crippen LogP contribution in [0.3, 0.4) is 0 Å². The van der Waals surface area contributed by atoms with Crippen molar-refractivity contribution in [2.45, 2.75) is 104 Å². The zero-order valence-corrected chi connectivity index (χ0v) is 20.6. The van der Waals surface area contributed by atoms with Gasteiger partial charge in [0.05, 0.1) is 23.6 Å². The molecule has 3 heterocycles. The molecule has 0 aliphatic carbocycles. The second kappa shape index (κ2) is 9.53. The first-order valence-electron chi connectivity index (χ1n) is 11.8. The fraction of sp³-hybridized carbons (Fsp3) is 0.826. The maximum Gasteiger partial charge on any atom is 0.334 e. The van der Waals surface area contributed by atoms with E-state index in [1.165, 1.54) is 6.20 Å². The predicted octanol–water partition coefficient (Wildman–Crippen LogP) is 5.20. The molecule has 2 aromatic heterocycles. The summed E-state index contributed by atoms with van der Waals surface area (Å²) < 4.78 is 29.4. The second-order valence-corrected chi connectivity index (χ2v) is 10.9. The van der Waals surface area contributed by atoms with Crippen LogP contribution in [0.1, 0.15) is 104 Å². The average molecular weight is 452 g/mol. The van der Waals surface area contributed by atoms with E-state index < -0.39 is 6.55 Å². The minimum atomic E-state index is -2.66. The van der Waals surface area contributed by atoms with Crippen molar-refractivity contribution in [3.63, 3.8) is 0 Å². The third-order valence-corrected chi connectivity index (χ3v) is 7.22. The molecule has 1 fully saturated rings. The van der Waals surface area contributed by atoms with Crippen LogP contribution in [0.4, 0.5) is 8.78 Å². The molecular formula is C23H39F2N7. The maximum absolute atomic E-state index is 13.3. The summed E-state index contributed by atoms with van der Waals surface area (Å²) >= 11 is 0.